The van der Waals surface area contributed by atoms with Gasteiger partial charge in [-0.3, -0.25) is 9.69 Å². The maximum Gasteiger partial charge on any atom is 0.325 e. The van der Waals surface area contributed by atoms with Gasteiger partial charge in [-0.05, 0) is 48.2 Å². The quantitative estimate of drug-likeness (QED) is 0.871. The Labute approximate surface area is 150 Å². The molecule has 1 atom stereocenters. The largest absolute Gasteiger partial charge is 0.480 e. The van der Waals surface area contributed by atoms with E-state index >= 15 is 0 Å². The third-order valence-corrected chi connectivity index (χ3v) is 5.04. The molecule has 2 aromatic rings. The van der Waals surface area contributed by atoms with Gasteiger partial charge in [0.05, 0.1) is 5.60 Å². The van der Waals surface area contributed by atoms with Gasteiger partial charge in [-0.25, -0.2) is 4.39 Å². The summed E-state index contributed by atoms with van der Waals surface area (Å²) in [4.78, 5) is 13.5. The first-order chi connectivity index (χ1) is 11.9. The first kappa shape index (κ1) is 17.9. The zero-order chi connectivity index (χ0) is 18.0. The summed E-state index contributed by atoms with van der Waals surface area (Å²) in [6, 6.07) is 11.7. The van der Waals surface area contributed by atoms with E-state index in [4.69, 9.17) is 11.6 Å². The second kappa shape index (κ2) is 7.12. The molecule has 132 valence electrons. The molecule has 2 aromatic carbocycles. The maximum atomic E-state index is 13.1. The molecule has 6 heteroatoms. The summed E-state index contributed by atoms with van der Waals surface area (Å²) in [6.07, 6.45) is 0.833. The molecule has 1 fully saturated rings. The van der Waals surface area contributed by atoms with Gasteiger partial charge in [-0.1, -0.05) is 35.9 Å². The number of hydrogen-bond donors (Lipinski definition) is 2. The van der Waals surface area contributed by atoms with Gasteiger partial charge in [-0.2, -0.15) is 0 Å². The summed E-state index contributed by atoms with van der Waals surface area (Å²) in [6.45, 7) is 0.848. The highest BCUT2D eigenvalue weighted by Crippen LogP contribution is 2.36. The van der Waals surface area contributed by atoms with Crippen molar-refractivity contribution in [3.8, 4) is 0 Å². The van der Waals surface area contributed by atoms with Gasteiger partial charge in [0.15, 0.2) is 0 Å². The van der Waals surface area contributed by atoms with E-state index in [2.05, 4.69) is 0 Å². The number of likely N-dealkylation sites (tertiary alicyclic amines) is 1. The molecule has 0 saturated carbocycles. The van der Waals surface area contributed by atoms with Crippen LogP contribution in [0.1, 0.15) is 30.0 Å². The second-order valence-corrected chi connectivity index (χ2v) is 6.80. The molecular formula is C19H19ClFNO3. The lowest BCUT2D eigenvalue weighted by Crippen LogP contribution is -2.45. The average molecular weight is 364 g/mol. The van der Waals surface area contributed by atoms with E-state index in [9.17, 15) is 19.4 Å². The van der Waals surface area contributed by atoms with Crippen LogP contribution >= 0.6 is 11.6 Å². The number of piperidine rings is 1. The van der Waals surface area contributed by atoms with Crippen LogP contribution < -0.4 is 0 Å². The smallest absolute Gasteiger partial charge is 0.325 e. The predicted octanol–water partition coefficient (Wildman–Crippen LogP) is 3.59. The summed E-state index contributed by atoms with van der Waals surface area (Å²) < 4.78 is 13.1. The first-order valence-electron chi connectivity index (χ1n) is 8.10. The first-order valence-corrected chi connectivity index (χ1v) is 8.48. The third-order valence-electron chi connectivity index (χ3n) is 4.79. The van der Waals surface area contributed by atoms with Gasteiger partial charge in [-0.15, -0.1) is 0 Å². The van der Waals surface area contributed by atoms with Crippen molar-refractivity contribution in [1.29, 1.82) is 0 Å². The zero-order valence-electron chi connectivity index (χ0n) is 13.5. The van der Waals surface area contributed by atoms with Crippen LogP contribution in [0.2, 0.25) is 5.02 Å². The molecule has 0 unspecified atom stereocenters. The van der Waals surface area contributed by atoms with Gasteiger partial charge in [0.25, 0.3) is 0 Å². The number of hydrogen-bond acceptors (Lipinski definition) is 3. The molecule has 0 aliphatic carbocycles. The second-order valence-electron chi connectivity index (χ2n) is 6.37. The molecule has 0 spiro atoms. The molecule has 1 aliphatic rings. The fraction of sp³-hybridized carbons (Fsp3) is 0.316. The fourth-order valence-electron chi connectivity index (χ4n) is 3.36. The minimum atomic E-state index is -0.993. The number of carboxylic acid groups (broad SMARTS) is 1. The normalized spacial score (nSPS) is 18.7. The molecule has 1 saturated heterocycles. The van der Waals surface area contributed by atoms with Crippen molar-refractivity contribution < 1.29 is 19.4 Å². The number of carboxylic acids is 1. The number of halogens is 2. The summed E-state index contributed by atoms with van der Waals surface area (Å²) in [5, 5.41) is 21.1. The molecule has 25 heavy (non-hydrogen) atoms. The third kappa shape index (κ3) is 3.84. The molecule has 0 aromatic heterocycles. The Hall–Kier alpha value is -1.95. The van der Waals surface area contributed by atoms with Gasteiger partial charge < -0.3 is 10.2 Å². The Bertz CT molecular complexity index is 740. The lowest BCUT2D eigenvalue weighted by molar-refractivity contribution is -0.146. The number of aliphatic hydroxyl groups is 1. The van der Waals surface area contributed by atoms with Gasteiger partial charge in [0, 0.05) is 18.1 Å². The summed E-state index contributed by atoms with van der Waals surface area (Å²) >= 11 is 5.89. The van der Waals surface area contributed by atoms with Gasteiger partial charge in [0.1, 0.15) is 11.9 Å². The van der Waals surface area contributed by atoms with Gasteiger partial charge in [0.2, 0.25) is 0 Å². The number of rotatable bonds is 4. The summed E-state index contributed by atoms with van der Waals surface area (Å²) in [5.41, 5.74) is 0.323. The Kier molecular flexibility index (Phi) is 5.08. The SMILES string of the molecule is O=C(O)[C@@H](c1ccc(F)cc1)N1CCC(O)(c2ccc(Cl)cc2)CC1. The van der Waals surface area contributed by atoms with Crippen LogP contribution in [0.5, 0.6) is 0 Å². The van der Waals surface area contributed by atoms with Crippen LogP contribution in [0.3, 0.4) is 0 Å². The molecule has 1 aliphatic heterocycles. The van der Waals surface area contributed by atoms with Crippen molar-refractivity contribution in [2.45, 2.75) is 24.5 Å². The molecule has 1 heterocycles. The monoisotopic (exact) mass is 363 g/mol. The van der Waals surface area contributed by atoms with E-state index in [1.165, 1.54) is 24.3 Å². The Morgan fingerprint density at radius 1 is 1.08 bits per heavy atom. The van der Waals surface area contributed by atoms with E-state index in [1.807, 2.05) is 0 Å². The highest BCUT2D eigenvalue weighted by molar-refractivity contribution is 6.30. The Morgan fingerprint density at radius 3 is 2.16 bits per heavy atom. The zero-order valence-corrected chi connectivity index (χ0v) is 14.3. The molecule has 0 bridgehead atoms. The molecule has 4 nitrogen and oxygen atoms in total. The topological polar surface area (TPSA) is 60.8 Å². The molecule has 0 amide bonds. The maximum absolute atomic E-state index is 13.1. The van der Waals surface area contributed by atoms with Crippen molar-refractivity contribution in [1.82, 2.24) is 4.90 Å². The van der Waals surface area contributed by atoms with Crippen LogP contribution in [0.4, 0.5) is 4.39 Å². The number of carbonyl (C=O) groups is 1. The fourth-order valence-corrected chi connectivity index (χ4v) is 3.48. The lowest BCUT2D eigenvalue weighted by atomic mass is 9.83. The summed E-state index contributed by atoms with van der Waals surface area (Å²) in [7, 11) is 0. The van der Waals surface area contributed by atoms with E-state index in [0.29, 0.717) is 36.5 Å². The van der Waals surface area contributed by atoms with E-state index in [-0.39, 0.29) is 0 Å². The van der Waals surface area contributed by atoms with E-state index < -0.39 is 23.4 Å². The van der Waals surface area contributed by atoms with Crippen molar-refractivity contribution in [3.05, 3.63) is 70.5 Å². The van der Waals surface area contributed by atoms with Crippen LogP contribution in [0.25, 0.3) is 0 Å². The van der Waals surface area contributed by atoms with E-state index in [0.717, 1.165) is 5.56 Å². The van der Waals surface area contributed by atoms with Crippen LogP contribution in [0.15, 0.2) is 48.5 Å². The highest BCUT2D eigenvalue weighted by Gasteiger charge is 2.38. The number of aliphatic carboxylic acids is 1. The standard InChI is InChI=1S/C19H19ClFNO3/c20-15-5-3-14(4-6-15)19(25)9-11-22(12-10-19)17(18(23)24)13-1-7-16(21)8-2-13/h1-8,17,25H,9-12H2,(H,23,24)/t17-/m1/s1. The molecule has 0 radical (unpaired) electrons. The minimum absolute atomic E-state index is 0.399. The lowest BCUT2D eigenvalue weighted by Gasteiger charge is -2.40. The Morgan fingerprint density at radius 2 is 1.64 bits per heavy atom. The molecular weight excluding hydrogens is 345 g/mol. The molecule has 2 N–H and O–H groups in total. The van der Waals surface area contributed by atoms with Gasteiger partial charge >= 0.3 is 5.97 Å². The van der Waals surface area contributed by atoms with Crippen LogP contribution in [-0.2, 0) is 10.4 Å². The van der Waals surface area contributed by atoms with Crippen LogP contribution in [-0.4, -0.2) is 34.2 Å². The minimum Gasteiger partial charge on any atom is -0.480 e. The summed E-state index contributed by atoms with van der Waals surface area (Å²) in [5.74, 6) is -1.38. The van der Waals surface area contributed by atoms with Crippen molar-refractivity contribution in [2.24, 2.45) is 0 Å². The molecule has 3 rings (SSSR count). The van der Waals surface area contributed by atoms with Crippen molar-refractivity contribution in [2.75, 3.05) is 13.1 Å². The van der Waals surface area contributed by atoms with Crippen molar-refractivity contribution >= 4 is 17.6 Å². The Balaban J connectivity index is 1.76. The van der Waals surface area contributed by atoms with Crippen LogP contribution in [0, 0.1) is 5.82 Å². The van der Waals surface area contributed by atoms with E-state index in [1.54, 1.807) is 29.2 Å². The predicted molar refractivity (Wildman–Crippen MR) is 92.9 cm³/mol. The highest BCUT2D eigenvalue weighted by atomic mass is 35.5. The average Bonchev–Trinajstić information content (AvgIpc) is 2.59. The number of nitrogens with zero attached hydrogens (tertiary/aromatic N) is 1. The van der Waals surface area contributed by atoms with Crippen molar-refractivity contribution in [3.63, 3.8) is 0 Å². The number of benzene rings is 2.